The zero-order valence-electron chi connectivity index (χ0n) is 14.7. The molecule has 4 aromatic rings. The number of halogens is 3. The van der Waals surface area contributed by atoms with Crippen molar-refractivity contribution in [2.45, 2.75) is 12.6 Å². The van der Waals surface area contributed by atoms with E-state index in [0.717, 1.165) is 11.6 Å². The Bertz CT molecular complexity index is 1330. The molecule has 0 fully saturated rings. The third-order valence-corrected chi connectivity index (χ3v) is 4.73. The van der Waals surface area contributed by atoms with Crippen molar-refractivity contribution in [1.82, 2.24) is 9.97 Å². The number of pyridine rings is 2. The maximum atomic E-state index is 14.9. The van der Waals surface area contributed by atoms with E-state index < -0.39 is 51.2 Å². The number of rotatable bonds is 4. The van der Waals surface area contributed by atoms with E-state index in [1.54, 1.807) is 36.5 Å². The smallest absolute Gasteiger partial charge is 0.341 e. The summed E-state index contributed by atoms with van der Waals surface area (Å²) in [5.41, 5.74) is -1.74. The summed E-state index contributed by atoms with van der Waals surface area (Å²) in [6.07, 6.45) is 0.121. The Hall–Kier alpha value is -3.68. The molecular weight excluding hydrogens is 385 g/mol. The zero-order valence-corrected chi connectivity index (χ0v) is 14.7. The lowest BCUT2D eigenvalue weighted by molar-refractivity contribution is 0.0695. The number of H-pyrrole nitrogens is 1. The fourth-order valence-electron chi connectivity index (χ4n) is 3.32. The molecule has 29 heavy (non-hydrogen) atoms. The van der Waals surface area contributed by atoms with E-state index in [-0.39, 0.29) is 6.42 Å². The first-order valence-corrected chi connectivity index (χ1v) is 8.61. The first-order valence-electron chi connectivity index (χ1n) is 8.61. The molecule has 0 saturated heterocycles. The molecule has 5 nitrogen and oxygen atoms in total. The van der Waals surface area contributed by atoms with E-state index in [1.807, 2.05) is 0 Å². The van der Waals surface area contributed by atoms with Crippen molar-refractivity contribution in [2.24, 2.45) is 0 Å². The highest BCUT2D eigenvalue weighted by molar-refractivity contribution is 5.92. The van der Waals surface area contributed by atoms with E-state index in [2.05, 4.69) is 9.97 Å². The van der Waals surface area contributed by atoms with Gasteiger partial charge in [-0.25, -0.2) is 18.0 Å². The van der Waals surface area contributed by atoms with Crippen LogP contribution in [0.3, 0.4) is 0 Å². The number of benzene rings is 2. The van der Waals surface area contributed by atoms with Gasteiger partial charge in [-0.05, 0) is 29.8 Å². The molecule has 146 valence electrons. The van der Waals surface area contributed by atoms with Crippen LogP contribution in [0.1, 0.15) is 27.7 Å². The first kappa shape index (κ1) is 18.7. The lowest BCUT2D eigenvalue weighted by Gasteiger charge is -2.13. The summed E-state index contributed by atoms with van der Waals surface area (Å²) in [5, 5.41) is 9.25. The molecule has 1 atom stereocenters. The van der Waals surface area contributed by atoms with E-state index in [1.165, 1.54) is 0 Å². The normalized spacial score (nSPS) is 12.4. The molecule has 0 radical (unpaired) electrons. The third-order valence-electron chi connectivity index (χ3n) is 4.73. The number of hydrogen-bond donors (Lipinski definition) is 2. The van der Waals surface area contributed by atoms with Gasteiger partial charge in [0.25, 0.3) is 0 Å². The van der Waals surface area contributed by atoms with Gasteiger partial charge in [0.2, 0.25) is 5.43 Å². The molecule has 8 heteroatoms. The van der Waals surface area contributed by atoms with Crippen LogP contribution < -0.4 is 5.43 Å². The monoisotopic (exact) mass is 398 g/mol. The highest BCUT2D eigenvalue weighted by atomic mass is 19.2. The molecule has 0 aliphatic rings. The summed E-state index contributed by atoms with van der Waals surface area (Å²) < 4.78 is 44.2. The van der Waals surface area contributed by atoms with Gasteiger partial charge < -0.3 is 10.1 Å². The number of aromatic amines is 1. The van der Waals surface area contributed by atoms with Gasteiger partial charge in [0.1, 0.15) is 17.6 Å². The number of aromatic nitrogens is 2. The average molecular weight is 398 g/mol. The van der Waals surface area contributed by atoms with Crippen LogP contribution in [-0.4, -0.2) is 21.0 Å². The molecule has 0 aliphatic carbocycles. The molecule has 2 aromatic carbocycles. The Kier molecular flexibility index (Phi) is 4.54. The molecule has 1 unspecified atom stereocenters. The summed E-state index contributed by atoms with van der Waals surface area (Å²) in [7, 11) is 0. The van der Waals surface area contributed by atoms with Crippen molar-refractivity contribution in [3.8, 4) is 0 Å². The van der Waals surface area contributed by atoms with Crippen LogP contribution in [-0.2, 0) is 6.42 Å². The highest BCUT2D eigenvalue weighted by Gasteiger charge is 2.25. The van der Waals surface area contributed by atoms with Crippen LogP contribution in [0.4, 0.5) is 13.2 Å². The summed E-state index contributed by atoms with van der Waals surface area (Å²) in [5.74, 6) is -4.05. The summed E-state index contributed by atoms with van der Waals surface area (Å²) >= 11 is 0. The van der Waals surface area contributed by atoms with Crippen LogP contribution in [0.2, 0.25) is 0 Å². The Morgan fingerprint density at radius 1 is 1.21 bits per heavy atom. The Balaban J connectivity index is 1.77. The Morgan fingerprint density at radius 3 is 2.76 bits per heavy atom. The molecule has 0 bridgehead atoms. The average Bonchev–Trinajstić information content (AvgIpc) is 2.68. The Morgan fingerprint density at radius 2 is 2.00 bits per heavy atom. The molecule has 0 amide bonds. The summed E-state index contributed by atoms with van der Waals surface area (Å²) in [4.78, 5) is 29.7. The molecule has 4 rings (SSSR count). The van der Waals surface area contributed by atoms with E-state index >= 15 is 0 Å². The van der Waals surface area contributed by atoms with Gasteiger partial charge in [0, 0.05) is 24.2 Å². The van der Waals surface area contributed by atoms with Crippen LogP contribution in [0.5, 0.6) is 0 Å². The van der Waals surface area contributed by atoms with Gasteiger partial charge in [-0.2, -0.15) is 0 Å². The first-order chi connectivity index (χ1) is 13.9. The molecule has 0 spiro atoms. The minimum atomic E-state index is -2.02. The Labute approximate surface area is 161 Å². The van der Waals surface area contributed by atoms with Gasteiger partial charge in [-0.1, -0.05) is 12.1 Å². The SMILES string of the molecule is O=C(O)c1c[nH]c2c(F)c(C(F)Cc3ccc4ncccc4c3)c(F)cc2c1=O. The third kappa shape index (κ3) is 3.22. The fourth-order valence-corrected chi connectivity index (χ4v) is 3.32. The highest BCUT2D eigenvalue weighted by Crippen LogP contribution is 2.31. The second-order valence-corrected chi connectivity index (χ2v) is 6.55. The van der Waals surface area contributed by atoms with Crippen LogP contribution in [0, 0.1) is 11.6 Å². The number of nitrogens with zero attached hydrogens (tertiary/aromatic N) is 1. The van der Waals surface area contributed by atoms with Gasteiger partial charge in [0.05, 0.1) is 22.0 Å². The molecule has 2 aromatic heterocycles. The zero-order chi connectivity index (χ0) is 20.7. The minimum Gasteiger partial charge on any atom is -0.477 e. The van der Waals surface area contributed by atoms with Crippen molar-refractivity contribution in [3.05, 3.63) is 87.3 Å². The van der Waals surface area contributed by atoms with Gasteiger partial charge >= 0.3 is 5.97 Å². The molecule has 2 N–H and O–H groups in total. The number of nitrogens with one attached hydrogen (secondary N) is 1. The molecule has 0 saturated carbocycles. The van der Waals surface area contributed by atoms with E-state index in [0.29, 0.717) is 17.1 Å². The lowest BCUT2D eigenvalue weighted by atomic mass is 9.98. The number of carboxylic acids is 1. The van der Waals surface area contributed by atoms with Crippen molar-refractivity contribution in [1.29, 1.82) is 0 Å². The van der Waals surface area contributed by atoms with Crippen LogP contribution in [0.15, 0.2) is 53.6 Å². The number of carboxylic acid groups (broad SMARTS) is 1. The number of aromatic carboxylic acids is 1. The van der Waals surface area contributed by atoms with Gasteiger partial charge in [0.15, 0.2) is 5.82 Å². The van der Waals surface area contributed by atoms with E-state index in [4.69, 9.17) is 5.11 Å². The summed E-state index contributed by atoms with van der Waals surface area (Å²) in [6.45, 7) is 0. The van der Waals surface area contributed by atoms with Crippen LogP contribution in [0.25, 0.3) is 21.8 Å². The fraction of sp³-hybridized carbons (Fsp3) is 0.0952. The topological polar surface area (TPSA) is 83.0 Å². The van der Waals surface area contributed by atoms with Crippen molar-refractivity contribution in [3.63, 3.8) is 0 Å². The predicted octanol–water partition coefficient (Wildman–Crippen LogP) is 4.31. The molecule has 0 aliphatic heterocycles. The second-order valence-electron chi connectivity index (χ2n) is 6.55. The maximum Gasteiger partial charge on any atom is 0.341 e. The number of fused-ring (bicyclic) bond motifs is 2. The van der Waals surface area contributed by atoms with Crippen molar-refractivity contribution in [2.75, 3.05) is 0 Å². The summed E-state index contributed by atoms with van der Waals surface area (Å²) in [6, 6.07) is 9.18. The number of hydrogen-bond acceptors (Lipinski definition) is 3. The van der Waals surface area contributed by atoms with Gasteiger partial charge in [-0.15, -0.1) is 0 Å². The van der Waals surface area contributed by atoms with Crippen molar-refractivity contribution >= 4 is 27.8 Å². The second kappa shape index (κ2) is 7.05. The van der Waals surface area contributed by atoms with Crippen LogP contribution >= 0.6 is 0 Å². The predicted molar refractivity (Wildman–Crippen MR) is 101 cm³/mol. The largest absolute Gasteiger partial charge is 0.477 e. The molecular formula is C21H13F3N2O3. The quantitative estimate of drug-likeness (QED) is 0.537. The molecule has 2 heterocycles. The number of carbonyl (C=O) groups is 1. The minimum absolute atomic E-state index is 0.290. The van der Waals surface area contributed by atoms with Crippen molar-refractivity contribution < 1.29 is 23.1 Å². The van der Waals surface area contributed by atoms with Gasteiger partial charge in [-0.3, -0.25) is 9.78 Å². The number of alkyl halides is 1. The standard InChI is InChI=1S/C21H13F3N2O3/c22-14(7-10-3-4-16-11(6-10)2-1-5-25-16)17-15(23)8-12-19(18(17)24)26-9-13(20(12)27)21(28)29/h1-6,8-9,14H,7H2,(H,26,27)(H,28,29). The lowest BCUT2D eigenvalue weighted by Crippen LogP contribution is -2.17. The van der Waals surface area contributed by atoms with E-state index in [9.17, 15) is 22.8 Å². The maximum absolute atomic E-state index is 14.9.